The minimum atomic E-state index is -0.383. The van der Waals surface area contributed by atoms with Crippen molar-refractivity contribution in [2.45, 2.75) is 10.8 Å². The molecule has 0 N–H and O–H groups in total. The summed E-state index contributed by atoms with van der Waals surface area (Å²) in [5.74, 6) is 0.615. The van der Waals surface area contributed by atoms with Crippen LogP contribution in [0.2, 0.25) is 0 Å². The molecule has 0 aliphatic carbocycles. The van der Waals surface area contributed by atoms with Crippen molar-refractivity contribution in [2.75, 3.05) is 0 Å². The molecule has 104 valence electrons. The predicted molar refractivity (Wildman–Crippen MR) is 82.2 cm³/mol. The average Bonchev–Trinajstić information content (AvgIpc) is 2.53. The highest BCUT2D eigenvalue weighted by Gasteiger charge is 2.08. The van der Waals surface area contributed by atoms with Gasteiger partial charge in [0.2, 0.25) is 0 Å². The number of aromatic nitrogens is 2. The van der Waals surface area contributed by atoms with Crippen LogP contribution in [-0.2, 0) is 5.75 Å². The molecule has 2 aromatic carbocycles. The van der Waals surface area contributed by atoms with Gasteiger partial charge in [0.15, 0.2) is 0 Å². The van der Waals surface area contributed by atoms with E-state index in [1.165, 1.54) is 17.8 Å². The molecule has 0 aliphatic rings. The fourth-order valence-electron chi connectivity index (χ4n) is 2.02. The van der Waals surface area contributed by atoms with Crippen LogP contribution in [0.1, 0.15) is 5.56 Å². The summed E-state index contributed by atoms with van der Waals surface area (Å²) in [6.45, 7) is 0. The molecule has 0 unspecified atom stereocenters. The molecule has 1 aromatic heterocycles. The van der Waals surface area contributed by atoms with Gasteiger partial charge in [-0.1, -0.05) is 48.2 Å². The topological polar surface area (TPSA) is 68.9 Å². The zero-order chi connectivity index (χ0) is 14.7. The molecule has 0 spiro atoms. The summed E-state index contributed by atoms with van der Waals surface area (Å²) in [5, 5.41) is 21.8. The van der Waals surface area contributed by atoms with Gasteiger partial charge in [-0.3, -0.25) is 10.1 Å². The second kappa shape index (κ2) is 5.88. The van der Waals surface area contributed by atoms with Crippen molar-refractivity contribution < 1.29 is 4.92 Å². The van der Waals surface area contributed by atoms with E-state index in [0.717, 1.165) is 21.4 Å². The van der Waals surface area contributed by atoms with Crippen LogP contribution < -0.4 is 0 Å². The Morgan fingerprint density at radius 1 is 1.14 bits per heavy atom. The molecule has 0 aliphatic heterocycles. The van der Waals surface area contributed by atoms with Crippen LogP contribution in [0.5, 0.6) is 0 Å². The molecule has 0 saturated heterocycles. The first kappa shape index (κ1) is 13.5. The van der Waals surface area contributed by atoms with Crippen molar-refractivity contribution >= 4 is 28.2 Å². The Kier molecular flexibility index (Phi) is 3.79. The van der Waals surface area contributed by atoms with E-state index in [1.54, 1.807) is 18.3 Å². The van der Waals surface area contributed by atoms with E-state index in [9.17, 15) is 10.1 Å². The first-order chi connectivity index (χ1) is 10.2. The van der Waals surface area contributed by atoms with Crippen LogP contribution in [0, 0.1) is 10.1 Å². The van der Waals surface area contributed by atoms with Gasteiger partial charge < -0.3 is 0 Å². The molecule has 0 atom stereocenters. The summed E-state index contributed by atoms with van der Waals surface area (Å²) < 4.78 is 0. The highest BCUT2D eigenvalue weighted by Crippen LogP contribution is 2.28. The van der Waals surface area contributed by atoms with Gasteiger partial charge in [0.1, 0.15) is 5.03 Å². The van der Waals surface area contributed by atoms with Crippen molar-refractivity contribution in [3.63, 3.8) is 0 Å². The molecular weight excluding hydrogens is 286 g/mol. The van der Waals surface area contributed by atoms with Gasteiger partial charge >= 0.3 is 0 Å². The minimum absolute atomic E-state index is 0.108. The first-order valence-corrected chi connectivity index (χ1v) is 7.29. The Morgan fingerprint density at radius 3 is 2.86 bits per heavy atom. The van der Waals surface area contributed by atoms with E-state index < -0.39 is 0 Å². The van der Waals surface area contributed by atoms with Crippen LogP contribution in [0.4, 0.5) is 5.69 Å². The third-order valence-electron chi connectivity index (χ3n) is 3.03. The van der Waals surface area contributed by atoms with Gasteiger partial charge in [-0.25, -0.2) is 0 Å². The molecule has 0 amide bonds. The fraction of sp³-hybridized carbons (Fsp3) is 0.0667. The number of hydrogen-bond acceptors (Lipinski definition) is 5. The first-order valence-electron chi connectivity index (χ1n) is 6.30. The molecule has 21 heavy (non-hydrogen) atoms. The zero-order valence-electron chi connectivity index (χ0n) is 11.0. The molecule has 5 nitrogen and oxygen atoms in total. The molecule has 0 saturated carbocycles. The lowest BCUT2D eigenvalue weighted by atomic mass is 10.2. The fourth-order valence-corrected chi connectivity index (χ4v) is 2.95. The van der Waals surface area contributed by atoms with E-state index in [0.29, 0.717) is 5.75 Å². The molecule has 0 bridgehead atoms. The maximum Gasteiger partial charge on any atom is 0.269 e. The Morgan fingerprint density at radius 2 is 2.00 bits per heavy atom. The highest BCUT2D eigenvalue weighted by atomic mass is 32.2. The molecule has 1 heterocycles. The number of non-ortho nitro benzene ring substituents is 1. The Bertz CT molecular complexity index is 802. The zero-order valence-corrected chi connectivity index (χ0v) is 11.8. The van der Waals surface area contributed by atoms with Crippen LogP contribution in [0.15, 0.2) is 59.8 Å². The SMILES string of the molecule is O=[N+]([O-])c1cccc(CSc2nncc3ccccc23)c1. The van der Waals surface area contributed by atoms with E-state index in [1.807, 2.05) is 30.3 Å². The standard InChI is InChI=1S/C15H11N3O2S/c19-18(20)13-6-3-4-11(8-13)10-21-15-14-7-2-1-5-12(14)9-16-17-15/h1-9H,10H2. The lowest BCUT2D eigenvalue weighted by molar-refractivity contribution is -0.384. The van der Waals surface area contributed by atoms with Crippen molar-refractivity contribution in [3.05, 3.63) is 70.4 Å². The number of nitro benzene ring substituents is 1. The Hall–Kier alpha value is -2.47. The van der Waals surface area contributed by atoms with Crippen LogP contribution in [0.25, 0.3) is 10.8 Å². The van der Waals surface area contributed by atoms with Gasteiger partial charge in [-0.15, -0.1) is 5.10 Å². The second-order valence-corrected chi connectivity index (χ2v) is 5.42. The van der Waals surface area contributed by atoms with Crippen LogP contribution in [-0.4, -0.2) is 15.1 Å². The van der Waals surface area contributed by atoms with Crippen molar-refractivity contribution in [1.29, 1.82) is 0 Å². The van der Waals surface area contributed by atoms with Gasteiger partial charge in [0.05, 0.1) is 11.1 Å². The minimum Gasteiger partial charge on any atom is -0.258 e. The third kappa shape index (κ3) is 3.00. The highest BCUT2D eigenvalue weighted by molar-refractivity contribution is 7.98. The van der Waals surface area contributed by atoms with Gasteiger partial charge in [0.25, 0.3) is 5.69 Å². The maximum atomic E-state index is 10.8. The number of fused-ring (bicyclic) bond motifs is 1. The smallest absolute Gasteiger partial charge is 0.258 e. The molecular formula is C15H11N3O2S. The number of hydrogen-bond donors (Lipinski definition) is 0. The summed E-state index contributed by atoms with van der Waals surface area (Å²) in [4.78, 5) is 10.4. The quantitative estimate of drug-likeness (QED) is 0.416. The van der Waals surface area contributed by atoms with Crippen LogP contribution >= 0.6 is 11.8 Å². The molecule has 0 fully saturated rings. The van der Waals surface area contributed by atoms with Crippen molar-refractivity contribution in [2.24, 2.45) is 0 Å². The van der Waals surface area contributed by atoms with E-state index in [-0.39, 0.29) is 10.6 Å². The van der Waals surface area contributed by atoms with E-state index in [4.69, 9.17) is 0 Å². The second-order valence-electron chi connectivity index (χ2n) is 4.45. The largest absolute Gasteiger partial charge is 0.269 e. The molecule has 6 heteroatoms. The summed E-state index contributed by atoms with van der Waals surface area (Å²) in [6.07, 6.45) is 1.73. The van der Waals surface area contributed by atoms with Gasteiger partial charge in [-0.2, -0.15) is 5.10 Å². The normalized spacial score (nSPS) is 10.7. The summed E-state index contributed by atoms with van der Waals surface area (Å²) in [5.41, 5.74) is 1.00. The monoisotopic (exact) mass is 297 g/mol. The number of nitrogens with zero attached hydrogens (tertiary/aromatic N) is 3. The summed E-state index contributed by atoms with van der Waals surface area (Å²) >= 11 is 1.53. The predicted octanol–water partition coefficient (Wildman–Crippen LogP) is 3.83. The Balaban J connectivity index is 1.84. The van der Waals surface area contributed by atoms with E-state index in [2.05, 4.69) is 10.2 Å². The van der Waals surface area contributed by atoms with Crippen molar-refractivity contribution in [1.82, 2.24) is 10.2 Å². The summed E-state index contributed by atoms with van der Waals surface area (Å²) in [7, 11) is 0. The third-order valence-corrected chi connectivity index (χ3v) is 4.09. The number of rotatable bonds is 4. The Labute approximate surface area is 125 Å². The van der Waals surface area contributed by atoms with Crippen molar-refractivity contribution in [3.8, 4) is 0 Å². The van der Waals surface area contributed by atoms with Gasteiger partial charge in [0, 0.05) is 28.7 Å². The summed E-state index contributed by atoms with van der Waals surface area (Å²) in [6, 6.07) is 14.6. The number of nitro groups is 1. The number of benzene rings is 2. The van der Waals surface area contributed by atoms with Gasteiger partial charge in [-0.05, 0) is 5.56 Å². The average molecular weight is 297 g/mol. The van der Waals surface area contributed by atoms with E-state index >= 15 is 0 Å². The molecule has 3 aromatic rings. The lowest BCUT2D eigenvalue weighted by Gasteiger charge is -2.04. The lowest BCUT2D eigenvalue weighted by Crippen LogP contribution is -1.91. The molecule has 3 rings (SSSR count). The molecule has 0 radical (unpaired) electrons. The maximum absolute atomic E-state index is 10.8. The van der Waals surface area contributed by atoms with Crippen LogP contribution in [0.3, 0.4) is 0 Å². The number of thioether (sulfide) groups is 1.